The van der Waals surface area contributed by atoms with Gasteiger partial charge in [-0.3, -0.25) is 4.79 Å². The first-order valence-corrected chi connectivity index (χ1v) is 10.7. The summed E-state index contributed by atoms with van der Waals surface area (Å²) in [6, 6.07) is 16.2. The lowest BCUT2D eigenvalue weighted by molar-refractivity contribution is -0.160. The smallest absolute Gasteiger partial charge is 0.340 e. The van der Waals surface area contributed by atoms with Gasteiger partial charge in [-0.15, -0.1) is 0 Å². The van der Waals surface area contributed by atoms with Crippen LogP contribution in [0.1, 0.15) is 57.6 Å². The molecule has 1 unspecified atom stereocenters. The van der Waals surface area contributed by atoms with Crippen LogP contribution in [0.15, 0.2) is 48.5 Å². The van der Waals surface area contributed by atoms with E-state index < -0.39 is 23.2 Å². The molecule has 0 spiro atoms. The molecular weight excluding hydrogens is 392 g/mol. The van der Waals surface area contributed by atoms with E-state index in [-0.39, 0.29) is 24.9 Å². The Morgan fingerprint density at radius 1 is 0.968 bits per heavy atom. The van der Waals surface area contributed by atoms with E-state index in [1.807, 2.05) is 45.0 Å². The topological polar surface area (TPSA) is 105 Å². The Balaban J connectivity index is 1.61. The predicted octanol–water partition coefficient (Wildman–Crippen LogP) is 3.71. The first-order valence-electron chi connectivity index (χ1n) is 10.7. The number of rotatable bonds is 7. The van der Waals surface area contributed by atoms with Crippen LogP contribution >= 0.6 is 0 Å². The summed E-state index contributed by atoms with van der Waals surface area (Å²) in [5.41, 5.74) is 14.4. The highest BCUT2D eigenvalue weighted by molar-refractivity contribution is 5.81. The van der Waals surface area contributed by atoms with Gasteiger partial charge in [0.1, 0.15) is 12.2 Å². The van der Waals surface area contributed by atoms with Crippen LogP contribution in [0.25, 0.3) is 11.1 Å². The molecule has 0 heterocycles. The van der Waals surface area contributed by atoms with Crippen LogP contribution in [0.4, 0.5) is 0 Å². The summed E-state index contributed by atoms with van der Waals surface area (Å²) >= 11 is 0. The molecule has 1 aliphatic rings. The molecule has 1 atom stereocenters. The van der Waals surface area contributed by atoms with Gasteiger partial charge in [0.25, 0.3) is 0 Å². The fourth-order valence-corrected chi connectivity index (χ4v) is 3.81. The summed E-state index contributed by atoms with van der Waals surface area (Å²) < 4.78 is 10.9. The quantitative estimate of drug-likeness (QED) is 0.519. The molecule has 0 amide bonds. The number of hydrogen-bond donors (Lipinski definition) is 2. The molecule has 0 radical (unpaired) electrons. The van der Waals surface area contributed by atoms with Gasteiger partial charge in [0.15, 0.2) is 5.66 Å². The number of benzene rings is 2. The molecule has 4 N–H and O–H groups in total. The molecule has 3 rings (SSSR count). The lowest BCUT2D eigenvalue weighted by atomic mass is 9.97. The van der Waals surface area contributed by atoms with E-state index in [0.29, 0.717) is 6.42 Å². The molecule has 6 nitrogen and oxygen atoms in total. The Morgan fingerprint density at radius 3 is 2.00 bits per heavy atom. The maximum atomic E-state index is 12.7. The number of hydrogen-bond acceptors (Lipinski definition) is 6. The first-order chi connectivity index (χ1) is 14.5. The highest BCUT2D eigenvalue weighted by Crippen LogP contribution is 2.44. The summed E-state index contributed by atoms with van der Waals surface area (Å²) in [6.45, 7) is 7.33. The van der Waals surface area contributed by atoms with Gasteiger partial charge in [0.2, 0.25) is 0 Å². The molecule has 0 saturated carbocycles. The number of esters is 2. The largest absolute Gasteiger partial charge is 0.462 e. The Bertz CT molecular complexity index is 916. The van der Waals surface area contributed by atoms with Crippen molar-refractivity contribution in [2.45, 2.75) is 57.7 Å². The Morgan fingerprint density at radius 2 is 1.48 bits per heavy atom. The number of carbonyl (C=O) groups is 2. The zero-order valence-electron chi connectivity index (χ0n) is 18.7. The number of fused-ring (bicyclic) bond motifs is 3. The Kier molecular flexibility index (Phi) is 6.53. The molecule has 2 aromatic rings. The number of carbonyl (C=O) groups excluding carboxylic acids is 2. The maximum absolute atomic E-state index is 12.7. The minimum absolute atomic E-state index is 0.0622. The van der Waals surface area contributed by atoms with E-state index in [1.54, 1.807) is 6.92 Å². The van der Waals surface area contributed by atoms with E-state index >= 15 is 0 Å². The lowest BCUT2D eigenvalue weighted by Gasteiger charge is -2.26. The molecule has 2 aromatic carbocycles. The SMILES string of the molecule is CC(CCC(N)(N)C(=O)OCC1c2ccccc2-c2ccccc21)C(=O)OC(C)(C)C. The molecule has 6 heteroatoms. The maximum Gasteiger partial charge on any atom is 0.340 e. The van der Waals surface area contributed by atoms with Gasteiger partial charge in [0, 0.05) is 5.92 Å². The summed E-state index contributed by atoms with van der Waals surface area (Å²) in [7, 11) is 0. The van der Waals surface area contributed by atoms with Crippen molar-refractivity contribution in [1.29, 1.82) is 0 Å². The van der Waals surface area contributed by atoms with E-state index in [0.717, 1.165) is 22.3 Å². The molecule has 0 saturated heterocycles. The van der Waals surface area contributed by atoms with Crippen LogP contribution in [-0.4, -0.2) is 29.8 Å². The van der Waals surface area contributed by atoms with Crippen LogP contribution < -0.4 is 11.5 Å². The normalized spacial score (nSPS) is 14.5. The fourth-order valence-electron chi connectivity index (χ4n) is 3.81. The monoisotopic (exact) mass is 424 g/mol. The van der Waals surface area contributed by atoms with Crippen molar-refractivity contribution in [2.24, 2.45) is 17.4 Å². The van der Waals surface area contributed by atoms with Crippen LogP contribution in [0.3, 0.4) is 0 Å². The zero-order chi connectivity index (χ0) is 22.8. The van der Waals surface area contributed by atoms with Crippen molar-refractivity contribution in [3.63, 3.8) is 0 Å². The third-order valence-corrected chi connectivity index (χ3v) is 5.52. The molecule has 1 aliphatic carbocycles. The predicted molar refractivity (Wildman–Crippen MR) is 120 cm³/mol. The molecule has 0 bridgehead atoms. The van der Waals surface area contributed by atoms with Gasteiger partial charge >= 0.3 is 11.9 Å². The summed E-state index contributed by atoms with van der Waals surface area (Å²) in [5, 5.41) is 0. The average molecular weight is 425 g/mol. The van der Waals surface area contributed by atoms with Crippen LogP contribution in [0.2, 0.25) is 0 Å². The third kappa shape index (κ3) is 5.32. The minimum atomic E-state index is -1.67. The number of nitrogens with two attached hydrogens (primary N) is 2. The lowest BCUT2D eigenvalue weighted by Crippen LogP contribution is -2.57. The second-order valence-electron chi connectivity index (χ2n) is 9.34. The van der Waals surface area contributed by atoms with Gasteiger partial charge in [-0.1, -0.05) is 55.5 Å². The average Bonchev–Trinajstić information content (AvgIpc) is 3.03. The first kappa shape index (κ1) is 23.0. The van der Waals surface area contributed by atoms with Crippen LogP contribution in [0.5, 0.6) is 0 Å². The minimum Gasteiger partial charge on any atom is -0.462 e. The van der Waals surface area contributed by atoms with Gasteiger partial charge < -0.3 is 20.9 Å². The standard InChI is InChI=1S/C25H32N2O4/c1-16(22(28)31-24(2,3)4)13-14-25(26,27)23(29)30-15-21-19-11-7-5-9-17(19)18-10-6-8-12-20(18)21/h5-12,16,21H,13-15,26-27H2,1-4H3. The van der Waals surface area contributed by atoms with Gasteiger partial charge in [0.05, 0.1) is 5.92 Å². The van der Waals surface area contributed by atoms with Crippen molar-refractivity contribution in [1.82, 2.24) is 0 Å². The van der Waals surface area contributed by atoms with Crippen LogP contribution in [0, 0.1) is 5.92 Å². The second kappa shape index (κ2) is 8.81. The fraction of sp³-hybridized carbons (Fsp3) is 0.440. The van der Waals surface area contributed by atoms with E-state index in [2.05, 4.69) is 24.3 Å². The molecule has 0 aliphatic heterocycles. The Hall–Kier alpha value is -2.70. The third-order valence-electron chi connectivity index (χ3n) is 5.52. The van der Waals surface area contributed by atoms with Crippen molar-refractivity contribution in [2.75, 3.05) is 6.61 Å². The summed E-state index contributed by atoms with van der Waals surface area (Å²) in [4.78, 5) is 24.8. The van der Waals surface area contributed by atoms with Crippen LogP contribution in [-0.2, 0) is 19.1 Å². The molecule has 0 fully saturated rings. The van der Waals surface area contributed by atoms with E-state index in [1.165, 1.54) is 0 Å². The number of ether oxygens (including phenoxy) is 2. The van der Waals surface area contributed by atoms with Gasteiger partial charge in [-0.25, -0.2) is 4.79 Å². The molecular formula is C25H32N2O4. The van der Waals surface area contributed by atoms with Crippen molar-refractivity contribution in [3.05, 3.63) is 59.7 Å². The van der Waals surface area contributed by atoms with Crippen molar-refractivity contribution in [3.8, 4) is 11.1 Å². The van der Waals surface area contributed by atoms with Crippen molar-refractivity contribution >= 4 is 11.9 Å². The highest BCUT2D eigenvalue weighted by Gasteiger charge is 2.35. The molecule has 166 valence electrons. The highest BCUT2D eigenvalue weighted by atomic mass is 16.6. The second-order valence-corrected chi connectivity index (χ2v) is 9.34. The van der Waals surface area contributed by atoms with Crippen molar-refractivity contribution < 1.29 is 19.1 Å². The van der Waals surface area contributed by atoms with Gasteiger partial charge in [-0.05, 0) is 55.9 Å². The Labute approximate surface area is 183 Å². The zero-order valence-corrected chi connectivity index (χ0v) is 18.7. The summed E-state index contributed by atoms with van der Waals surface area (Å²) in [6.07, 6.45) is 0.441. The van der Waals surface area contributed by atoms with Gasteiger partial charge in [-0.2, -0.15) is 0 Å². The van der Waals surface area contributed by atoms with E-state index in [9.17, 15) is 9.59 Å². The van der Waals surface area contributed by atoms with E-state index in [4.69, 9.17) is 20.9 Å². The molecule has 31 heavy (non-hydrogen) atoms. The summed E-state index contributed by atoms with van der Waals surface area (Å²) in [5.74, 6) is -1.50. The molecule has 0 aromatic heterocycles.